The highest BCUT2D eigenvalue weighted by Gasteiger charge is 2.20. The van der Waals surface area contributed by atoms with E-state index in [0.29, 0.717) is 5.75 Å². The molecule has 0 aliphatic carbocycles. The van der Waals surface area contributed by atoms with E-state index in [1.807, 2.05) is 36.4 Å². The third-order valence-corrected chi connectivity index (χ3v) is 5.67. The number of benzene rings is 2. The second kappa shape index (κ2) is 10.9. The molecule has 0 saturated carbocycles. The van der Waals surface area contributed by atoms with E-state index in [-0.39, 0.29) is 30.3 Å². The molecule has 0 aliphatic heterocycles. The molecule has 0 fully saturated rings. The summed E-state index contributed by atoms with van der Waals surface area (Å²) in [7, 11) is 3.09. The summed E-state index contributed by atoms with van der Waals surface area (Å²) < 4.78 is 13.6. The Kier molecular flexibility index (Phi) is 7.50. The molecule has 0 aliphatic rings. The van der Waals surface area contributed by atoms with E-state index in [4.69, 9.17) is 9.47 Å². The first kappa shape index (κ1) is 24.7. The number of aromatic nitrogens is 4. The molecule has 0 saturated heterocycles. The van der Waals surface area contributed by atoms with Gasteiger partial charge in [-0.25, -0.2) is 10.2 Å². The van der Waals surface area contributed by atoms with Gasteiger partial charge in [0.1, 0.15) is 24.2 Å². The maximum Gasteiger partial charge on any atom is 0.329 e. The average molecular weight is 493 g/mol. The number of hydrazone groups is 1. The van der Waals surface area contributed by atoms with E-state index in [2.05, 4.69) is 27.4 Å². The van der Waals surface area contributed by atoms with Crippen molar-refractivity contribution in [3.8, 4) is 11.5 Å². The second-order valence-corrected chi connectivity index (χ2v) is 8.14. The van der Waals surface area contributed by atoms with Gasteiger partial charge in [0.05, 0.1) is 19.9 Å². The lowest BCUT2D eigenvalue weighted by atomic mass is 10.2. The van der Waals surface area contributed by atoms with Gasteiger partial charge in [-0.2, -0.15) is 10.1 Å². The number of methoxy groups -OCH3 is 1. The number of imidazole rings is 1. The molecule has 11 nitrogen and oxygen atoms in total. The van der Waals surface area contributed by atoms with E-state index in [0.717, 1.165) is 17.7 Å². The van der Waals surface area contributed by atoms with Gasteiger partial charge < -0.3 is 19.1 Å². The summed E-state index contributed by atoms with van der Waals surface area (Å²) in [6.45, 7) is 2.04. The zero-order valence-corrected chi connectivity index (χ0v) is 20.3. The number of nitrogens with zero attached hydrogens (tertiary/aromatic N) is 4. The van der Waals surface area contributed by atoms with Gasteiger partial charge >= 0.3 is 5.69 Å². The fourth-order valence-electron chi connectivity index (χ4n) is 3.63. The van der Waals surface area contributed by atoms with Crippen molar-refractivity contribution in [2.75, 3.05) is 19.1 Å². The Morgan fingerprint density at radius 1 is 1.14 bits per heavy atom. The van der Waals surface area contributed by atoms with Crippen molar-refractivity contribution in [2.24, 2.45) is 12.1 Å². The van der Waals surface area contributed by atoms with Crippen LogP contribution in [-0.2, 0) is 20.0 Å². The normalized spacial score (nSPS) is 12.2. The van der Waals surface area contributed by atoms with Crippen molar-refractivity contribution in [2.45, 2.75) is 26.0 Å². The fourth-order valence-corrected chi connectivity index (χ4v) is 3.63. The summed E-state index contributed by atoms with van der Waals surface area (Å²) in [5.41, 5.74) is 3.89. The van der Waals surface area contributed by atoms with Gasteiger partial charge in [0.25, 0.3) is 5.56 Å². The number of anilines is 1. The molecule has 0 radical (unpaired) electrons. The lowest BCUT2D eigenvalue weighted by Gasteiger charge is -2.15. The minimum atomic E-state index is -0.976. The van der Waals surface area contributed by atoms with Gasteiger partial charge in [0.15, 0.2) is 11.2 Å². The van der Waals surface area contributed by atoms with Crippen molar-refractivity contribution >= 4 is 23.3 Å². The molecule has 0 amide bonds. The monoisotopic (exact) mass is 492 g/mol. The molecule has 2 aromatic heterocycles. The Bertz CT molecular complexity index is 1470. The van der Waals surface area contributed by atoms with Crippen molar-refractivity contribution in [3.05, 3.63) is 80.5 Å². The van der Waals surface area contributed by atoms with Gasteiger partial charge in [0.2, 0.25) is 5.95 Å². The lowest BCUT2D eigenvalue weighted by Crippen LogP contribution is -2.30. The predicted molar refractivity (Wildman–Crippen MR) is 137 cm³/mol. The Morgan fingerprint density at radius 2 is 1.83 bits per heavy atom. The molecule has 1 unspecified atom stereocenters. The molecule has 3 N–H and O–H groups in total. The van der Waals surface area contributed by atoms with Gasteiger partial charge in [-0.15, -0.1) is 0 Å². The number of H-pyrrole nitrogens is 1. The Balaban J connectivity index is 1.57. The summed E-state index contributed by atoms with van der Waals surface area (Å²) in [6.07, 6.45) is 1.52. The minimum Gasteiger partial charge on any atom is -0.497 e. The summed E-state index contributed by atoms with van der Waals surface area (Å²) >= 11 is 0. The number of aliphatic hydroxyl groups excluding tert-OH is 1. The van der Waals surface area contributed by atoms with Crippen LogP contribution in [0.5, 0.6) is 11.5 Å². The third-order valence-electron chi connectivity index (χ3n) is 5.67. The SMILES string of the molecule is CCc1ccc(OCC(O)Cn2c(NN=Cc3ccc(OC)cc3)nc3c2c(=O)[nH]c(=O)n3C)cc1. The van der Waals surface area contributed by atoms with Crippen LogP contribution in [0.15, 0.2) is 63.2 Å². The van der Waals surface area contributed by atoms with Crippen LogP contribution in [0.25, 0.3) is 11.2 Å². The smallest absolute Gasteiger partial charge is 0.329 e. The molecule has 11 heteroatoms. The zero-order chi connectivity index (χ0) is 25.7. The Labute approximate surface area is 206 Å². The number of fused-ring (bicyclic) bond motifs is 1. The maximum absolute atomic E-state index is 12.6. The van der Waals surface area contributed by atoms with Crippen LogP contribution in [-0.4, -0.2) is 50.2 Å². The molecule has 0 bridgehead atoms. The molecule has 1 atom stereocenters. The summed E-state index contributed by atoms with van der Waals surface area (Å²) in [5, 5.41) is 14.9. The molecule has 36 heavy (non-hydrogen) atoms. The predicted octanol–water partition coefficient (Wildman–Crippen LogP) is 1.88. The molecular formula is C25H28N6O5. The number of aliphatic hydroxyl groups is 1. The van der Waals surface area contributed by atoms with Crippen LogP contribution in [0.2, 0.25) is 0 Å². The van der Waals surface area contributed by atoms with E-state index < -0.39 is 17.4 Å². The molecule has 188 valence electrons. The molecule has 4 rings (SSSR count). The van der Waals surface area contributed by atoms with Crippen molar-refractivity contribution < 1.29 is 14.6 Å². The third kappa shape index (κ3) is 5.47. The van der Waals surface area contributed by atoms with E-state index in [1.54, 1.807) is 25.5 Å². The van der Waals surface area contributed by atoms with Crippen LogP contribution in [0.3, 0.4) is 0 Å². The zero-order valence-electron chi connectivity index (χ0n) is 20.3. The molecule has 2 aromatic carbocycles. The number of nitrogens with one attached hydrogen (secondary N) is 2. The topological polar surface area (TPSA) is 136 Å². The van der Waals surface area contributed by atoms with E-state index in [9.17, 15) is 14.7 Å². The summed E-state index contributed by atoms with van der Waals surface area (Å²) in [6, 6.07) is 14.9. The molecular weight excluding hydrogens is 464 g/mol. The highest BCUT2D eigenvalue weighted by Crippen LogP contribution is 2.18. The molecule has 2 heterocycles. The standard InChI is InChI=1S/C25H28N6O5/c1-4-16-5-11-20(12-6-16)36-15-18(32)14-31-21-22(30(2)25(34)28-23(21)33)27-24(31)29-26-13-17-7-9-19(35-3)10-8-17/h5-13,18,32H,4,14-15H2,1-3H3,(H,27,29)(H,28,33,34). The molecule has 4 aromatic rings. The Morgan fingerprint density at radius 3 is 2.50 bits per heavy atom. The first-order valence-corrected chi connectivity index (χ1v) is 11.4. The Hall–Kier alpha value is -4.38. The van der Waals surface area contributed by atoms with Gasteiger partial charge in [-0.1, -0.05) is 19.1 Å². The average Bonchev–Trinajstić information content (AvgIpc) is 3.25. The number of hydrogen-bond donors (Lipinski definition) is 3. The van der Waals surface area contributed by atoms with Crippen LogP contribution < -0.4 is 26.1 Å². The van der Waals surface area contributed by atoms with Gasteiger partial charge in [-0.3, -0.25) is 14.3 Å². The van der Waals surface area contributed by atoms with Crippen molar-refractivity contribution in [1.29, 1.82) is 0 Å². The van der Waals surface area contributed by atoms with Crippen molar-refractivity contribution in [1.82, 2.24) is 19.1 Å². The number of aryl methyl sites for hydroxylation is 2. The van der Waals surface area contributed by atoms with Gasteiger partial charge in [-0.05, 0) is 53.9 Å². The first-order chi connectivity index (χ1) is 17.4. The number of aromatic amines is 1. The quantitative estimate of drug-likeness (QED) is 0.227. The molecule has 0 spiro atoms. The van der Waals surface area contributed by atoms with E-state index in [1.165, 1.54) is 21.7 Å². The van der Waals surface area contributed by atoms with E-state index >= 15 is 0 Å². The number of hydrogen-bond acceptors (Lipinski definition) is 8. The van der Waals surface area contributed by atoms with Crippen LogP contribution in [0.4, 0.5) is 5.95 Å². The van der Waals surface area contributed by atoms with Crippen LogP contribution in [0, 0.1) is 0 Å². The maximum atomic E-state index is 12.6. The highest BCUT2D eigenvalue weighted by atomic mass is 16.5. The van der Waals surface area contributed by atoms with Gasteiger partial charge in [0, 0.05) is 7.05 Å². The fraction of sp³-hybridized carbons (Fsp3) is 0.280. The van der Waals surface area contributed by atoms with Crippen molar-refractivity contribution in [3.63, 3.8) is 0 Å². The minimum absolute atomic E-state index is 0.0105. The van der Waals surface area contributed by atoms with Crippen LogP contribution >= 0.6 is 0 Å². The summed E-state index contributed by atoms with van der Waals surface area (Å²) in [4.78, 5) is 31.4. The summed E-state index contributed by atoms with van der Waals surface area (Å²) in [5.74, 6) is 1.54. The van der Waals surface area contributed by atoms with Crippen LogP contribution in [0.1, 0.15) is 18.1 Å². The highest BCUT2D eigenvalue weighted by molar-refractivity contribution is 5.80. The largest absolute Gasteiger partial charge is 0.497 e. The number of ether oxygens (including phenoxy) is 2. The second-order valence-electron chi connectivity index (χ2n) is 8.14. The lowest BCUT2D eigenvalue weighted by molar-refractivity contribution is 0.0938. The first-order valence-electron chi connectivity index (χ1n) is 11.4. The number of rotatable bonds is 10.